The van der Waals surface area contributed by atoms with Crippen LogP contribution in [-0.4, -0.2) is 36.4 Å². The zero-order valence-electron chi connectivity index (χ0n) is 18.1. The van der Waals surface area contributed by atoms with Gasteiger partial charge in [0.15, 0.2) is 11.7 Å². The maximum absolute atomic E-state index is 12.6. The van der Waals surface area contributed by atoms with Gasteiger partial charge >= 0.3 is 5.97 Å². The Kier molecular flexibility index (Phi) is 8.56. The number of ether oxygens (including phenoxy) is 2. The topological polar surface area (TPSA) is 101 Å². The Hall–Kier alpha value is -3.24. The molecule has 8 nitrogen and oxygen atoms in total. The Bertz CT molecular complexity index is 1100. The van der Waals surface area contributed by atoms with E-state index in [1.54, 1.807) is 32.0 Å². The number of carbonyl (C=O) groups is 2. The first-order chi connectivity index (χ1) is 15.9. The van der Waals surface area contributed by atoms with E-state index < -0.39 is 17.9 Å². The second-order valence-electron chi connectivity index (χ2n) is 6.96. The van der Waals surface area contributed by atoms with Gasteiger partial charge in [-0.1, -0.05) is 46.3 Å². The lowest BCUT2D eigenvalue weighted by Crippen LogP contribution is -2.45. The van der Waals surface area contributed by atoms with Crippen molar-refractivity contribution < 1.29 is 19.1 Å². The first-order valence-corrected chi connectivity index (χ1v) is 11.3. The van der Waals surface area contributed by atoms with E-state index in [9.17, 15) is 9.59 Å². The number of thiocarbonyl (C=S) groups is 1. The van der Waals surface area contributed by atoms with E-state index in [1.165, 1.54) is 6.21 Å². The molecule has 0 aromatic heterocycles. The lowest BCUT2D eigenvalue weighted by molar-refractivity contribution is -0.139. The summed E-state index contributed by atoms with van der Waals surface area (Å²) in [7, 11) is 0. The number of hydrogen-bond acceptors (Lipinski definition) is 6. The van der Waals surface area contributed by atoms with E-state index in [2.05, 4.69) is 37.1 Å². The highest BCUT2D eigenvalue weighted by Crippen LogP contribution is 2.33. The van der Waals surface area contributed by atoms with Crippen molar-refractivity contribution in [2.45, 2.75) is 19.9 Å². The molecule has 1 aliphatic heterocycles. The van der Waals surface area contributed by atoms with Crippen molar-refractivity contribution in [1.29, 1.82) is 0 Å². The molecule has 33 heavy (non-hydrogen) atoms. The largest absolute Gasteiger partial charge is 0.483 e. The summed E-state index contributed by atoms with van der Waals surface area (Å²) in [5.74, 6) is -0.456. The number of amides is 1. The number of nitrogens with one attached hydrogen (secondary N) is 3. The van der Waals surface area contributed by atoms with E-state index in [1.807, 2.05) is 30.3 Å². The molecule has 0 aliphatic carbocycles. The third-order valence-corrected chi connectivity index (χ3v) is 5.37. The Morgan fingerprint density at radius 2 is 1.94 bits per heavy atom. The number of nitrogens with zero attached hydrogens (tertiary/aromatic N) is 1. The maximum atomic E-state index is 12.6. The Morgan fingerprint density at radius 1 is 1.21 bits per heavy atom. The number of benzene rings is 2. The number of allylic oxidation sites excluding steroid dienone is 1. The zero-order chi connectivity index (χ0) is 23.8. The molecule has 1 amide bonds. The van der Waals surface area contributed by atoms with E-state index in [-0.39, 0.29) is 13.2 Å². The molecule has 3 N–H and O–H groups in total. The van der Waals surface area contributed by atoms with Gasteiger partial charge in [0.25, 0.3) is 5.91 Å². The molecule has 0 radical (unpaired) electrons. The minimum absolute atomic E-state index is 0.242. The van der Waals surface area contributed by atoms with Crippen LogP contribution < -0.4 is 20.8 Å². The van der Waals surface area contributed by atoms with Crippen molar-refractivity contribution in [2.24, 2.45) is 5.10 Å². The molecule has 0 unspecified atom stereocenters. The molecule has 0 saturated heterocycles. The third kappa shape index (κ3) is 6.62. The fraction of sp³-hybridized carbons (Fsp3) is 0.217. The molecule has 1 atom stereocenters. The highest BCUT2D eigenvalue weighted by atomic mass is 79.9. The molecule has 0 bridgehead atoms. The predicted octanol–water partition coefficient (Wildman–Crippen LogP) is 3.33. The van der Waals surface area contributed by atoms with Crippen LogP contribution in [0.15, 0.2) is 69.4 Å². The number of halogens is 1. The predicted molar refractivity (Wildman–Crippen MR) is 133 cm³/mol. The lowest BCUT2D eigenvalue weighted by Gasteiger charge is -2.30. The van der Waals surface area contributed by atoms with Crippen LogP contribution in [0.5, 0.6) is 5.75 Å². The van der Waals surface area contributed by atoms with Crippen molar-refractivity contribution in [3.05, 3.63) is 75.4 Å². The van der Waals surface area contributed by atoms with Crippen LogP contribution in [-0.2, 0) is 14.3 Å². The molecular formula is C23H23BrN4O4S. The van der Waals surface area contributed by atoms with Gasteiger partial charge in [0.05, 0.1) is 24.4 Å². The second-order valence-corrected chi connectivity index (χ2v) is 8.29. The van der Waals surface area contributed by atoms with E-state index in [0.717, 1.165) is 10.0 Å². The molecule has 0 spiro atoms. The molecule has 1 heterocycles. The van der Waals surface area contributed by atoms with Crippen molar-refractivity contribution in [1.82, 2.24) is 16.1 Å². The highest BCUT2D eigenvalue weighted by molar-refractivity contribution is 9.10. The van der Waals surface area contributed by atoms with Gasteiger partial charge in [0.1, 0.15) is 5.75 Å². The van der Waals surface area contributed by atoms with E-state index in [4.69, 9.17) is 21.7 Å². The summed E-state index contributed by atoms with van der Waals surface area (Å²) in [6.45, 7) is 3.48. The van der Waals surface area contributed by atoms with Crippen LogP contribution in [0, 0.1) is 0 Å². The number of hydrazone groups is 1. The van der Waals surface area contributed by atoms with Crippen molar-refractivity contribution in [3.63, 3.8) is 0 Å². The number of rotatable bonds is 8. The van der Waals surface area contributed by atoms with Crippen LogP contribution in [0.1, 0.15) is 31.0 Å². The highest BCUT2D eigenvalue weighted by Gasteiger charge is 2.32. The standard InChI is InChI=1S/C23H23BrN4O4S/c1-3-31-22(30)20-14(2)26-23(33)27-21(20)17-6-4-5-7-18(17)32-13-19(29)28-25-12-15-8-10-16(24)11-9-15/h4-12,21H,3,13H2,1-2H3,(H,28,29)(H2,26,27,33)/t21-/m1/s1. The van der Waals surface area contributed by atoms with Gasteiger partial charge in [-0.25, -0.2) is 10.2 Å². The molecule has 2 aromatic rings. The van der Waals surface area contributed by atoms with Gasteiger partial charge in [-0.15, -0.1) is 0 Å². The monoisotopic (exact) mass is 530 g/mol. The number of carbonyl (C=O) groups excluding carboxylic acids is 2. The summed E-state index contributed by atoms with van der Waals surface area (Å²) in [5.41, 5.74) is 4.91. The molecule has 172 valence electrons. The molecule has 2 aromatic carbocycles. The van der Waals surface area contributed by atoms with E-state index in [0.29, 0.717) is 27.7 Å². The SMILES string of the molecule is CCOC(=O)C1=C(C)NC(=S)N[C@@H]1c1ccccc1OCC(=O)NN=Cc1ccc(Br)cc1. The molecule has 1 aliphatic rings. The number of esters is 1. The number of para-hydroxylation sites is 1. The van der Waals surface area contributed by atoms with Crippen molar-refractivity contribution >= 4 is 51.4 Å². The van der Waals surface area contributed by atoms with Gasteiger partial charge in [0.2, 0.25) is 0 Å². The quantitative estimate of drug-likeness (QED) is 0.208. The summed E-state index contributed by atoms with van der Waals surface area (Å²) in [4.78, 5) is 24.8. The molecule has 10 heteroatoms. The molecule has 3 rings (SSSR count). The molecule has 0 fully saturated rings. The summed E-state index contributed by atoms with van der Waals surface area (Å²) < 4.78 is 11.9. The van der Waals surface area contributed by atoms with Gasteiger partial charge in [-0.05, 0) is 49.8 Å². The Morgan fingerprint density at radius 3 is 2.67 bits per heavy atom. The average molecular weight is 531 g/mol. The summed E-state index contributed by atoms with van der Waals surface area (Å²) >= 11 is 8.64. The Balaban J connectivity index is 1.71. The van der Waals surface area contributed by atoms with Gasteiger partial charge in [-0.2, -0.15) is 5.10 Å². The lowest BCUT2D eigenvalue weighted by atomic mass is 9.95. The fourth-order valence-electron chi connectivity index (χ4n) is 3.16. The zero-order valence-corrected chi connectivity index (χ0v) is 20.5. The summed E-state index contributed by atoms with van der Waals surface area (Å²) in [5, 5.41) is 10.4. The summed E-state index contributed by atoms with van der Waals surface area (Å²) in [6, 6.07) is 14.0. The fourth-order valence-corrected chi connectivity index (χ4v) is 3.70. The van der Waals surface area contributed by atoms with Crippen LogP contribution in [0.4, 0.5) is 0 Å². The van der Waals surface area contributed by atoms with Crippen LogP contribution in [0.2, 0.25) is 0 Å². The van der Waals surface area contributed by atoms with Crippen molar-refractivity contribution in [3.8, 4) is 5.75 Å². The second kappa shape index (κ2) is 11.6. The van der Waals surface area contributed by atoms with Gasteiger partial charge < -0.3 is 20.1 Å². The van der Waals surface area contributed by atoms with E-state index >= 15 is 0 Å². The molecular weight excluding hydrogens is 508 g/mol. The van der Waals surface area contributed by atoms with Crippen LogP contribution in [0.25, 0.3) is 0 Å². The number of hydrogen-bond donors (Lipinski definition) is 3. The normalized spacial score (nSPS) is 15.6. The third-order valence-electron chi connectivity index (χ3n) is 4.63. The molecule has 0 saturated carbocycles. The van der Waals surface area contributed by atoms with Gasteiger partial charge in [0, 0.05) is 15.7 Å². The first-order valence-electron chi connectivity index (χ1n) is 10.1. The maximum Gasteiger partial charge on any atom is 0.338 e. The van der Waals surface area contributed by atoms with Crippen LogP contribution >= 0.6 is 28.1 Å². The average Bonchev–Trinajstić information content (AvgIpc) is 2.79. The van der Waals surface area contributed by atoms with Crippen molar-refractivity contribution in [2.75, 3.05) is 13.2 Å². The minimum atomic E-state index is -0.590. The van der Waals surface area contributed by atoms with Crippen LogP contribution in [0.3, 0.4) is 0 Å². The minimum Gasteiger partial charge on any atom is -0.483 e. The summed E-state index contributed by atoms with van der Waals surface area (Å²) in [6.07, 6.45) is 1.54. The smallest absolute Gasteiger partial charge is 0.338 e. The Labute approximate surface area is 205 Å². The van der Waals surface area contributed by atoms with Gasteiger partial charge in [-0.3, -0.25) is 4.79 Å². The first kappa shape index (κ1) is 24.4.